The van der Waals surface area contributed by atoms with Gasteiger partial charge in [0.05, 0.1) is 6.54 Å². The van der Waals surface area contributed by atoms with Crippen molar-refractivity contribution in [3.05, 3.63) is 30.3 Å². The molecule has 5 heteroatoms. The summed E-state index contributed by atoms with van der Waals surface area (Å²) < 4.78 is 0. The summed E-state index contributed by atoms with van der Waals surface area (Å²) in [6, 6.07) is 10.3. The zero-order valence-electron chi connectivity index (χ0n) is 13.1. The smallest absolute Gasteiger partial charge is 0.241 e. The second-order valence-electron chi connectivity index (χ2n) is 6.33. The van der Waals surface area contributed by atoms with Crippen LogP contribution in [0.3, 0.4) is 0 Å². The van der Waals surface area contributed by atoms with Crippen LogP contribution in [0.5, 0.6) is 0 Å². The van der Waals surface area contributed by atoms with E-state index in [0.29, 0.717) is 31.0 Å². The fraction of sp³-hybridized carbons (Fsp3) is 0.588. The fourth-order valence-electron chi connectivity index (χ4n) is 3.92. The molecule has 22 heavy (non-hydrogen) atoms. The first kappa shape index (κ1) is 17.3. The number of hydrogen-bond donors (Lipinski definition) is 1. The Morgan fingerprint density at radius 1 is 1.27 bits per heavy atom. The summed E-state index contributed by atoms with van der Waals surface area (Å²) in [5.41, 5.74) is 7.16. The number of amides is 1. The summed E-state index contributed by atoms with van der Waals surface area (Å²) in [6.07, 6.45) is 2.38. The molecule has 3 atom stereocenters. The van der Waals surface area contributed by atoms with Crippen LogP contribution in [0.4, 0.5) is 5.69 Å². The van der Waals surface area contributed by atoms with Crippen molar-refractivity contribution in [3.63, 3.8) is 0 Å². The number of carbonyl (C=O) groups is 1. The number of para-hydroxylation sites is 1. The van der Waals surface area contributed by atoms with Gasteiger partial charge in [-0.15, -0.1) is 12.4 Å². The molecule has 0 bridgehead atoms. The summed E-state index contributed by atoms with van der Waals surface area (Å²) in [5.74, 6) is 1.50. The van der Waals surface area contributed by atoms with Gasteiger partial charge in [0, 0.05) is 31.4 Å². The number of likely N-dealkylation sites (N-methyl/N-ethyl adjacent to an activating group) is 1. The number of rotatable bonds is 4. The van der Waals surface area contributed by atoms with Crippen LogP contribution in [-0.4, -0.2) is 43.0 Å². The maximum absolute atomic E-state index is 12.6. The van der Waals surface area contributed by atoms with Gasteiger partial charge in [0.1, 0.15) is 0 Å². The standard InChI is InChI=1S/C17H25N3O.ClH/c1-2-20(14-6-4-3-5-7-14)17(21)12-19-10-13-8-9-16(18)15(13)11-19;/h3-7,13,15-16H,2,8-12,18H2,1H3;1H. The first-order chi connectivity index (χ1) is 10.2. The second-order valence-corrected chi connectivity index (χ2v) is 6.33. The Hall–Kier alpha value is -1.10. The number of likely N-dealkylation sites (tertiary alicyclic amines) is 1. The summed E-state index contributed by atoms with van der Waals surface area (Å²) >= 11 is 0. The molecule has 1 heterocycles. The third-order valence-corrected chi connectivity index (χ3v) is 5.03. The first-order valence-corrected chi connectivity index (χ1v) is 8.02. The predicted octanol–water partition coefficient (Wildman–Crippen LogP) is 2.13. The molecule has 3 rings (SSSR count). The molecule has 1 saturated heterocycles. The lowest BCUT2D eigenvalue weighted by Gasteiger charge is -2.25. The van der Waals surface area contributed by atoms with E-state index in [0.717, 1.165) is 25.2 Å². The van der Waals surface area contributed by atoms with Gasteiger partial charge >= 0.3 is 0 Å². The second kappa shape index (κ2) is 7.44. The van der Waals surface area contributed by atoms with Gasteiger partial charge in [0.25, 0.3) is 0 Å². The predicted molar refractivity (Wildman–Crippen MR) is 92.3 cm³/mol. The molecule has 1 aliphatic carbocycles. The van der Waals surface area contributed by atoms with Gasteiger partial charge in [0.2, 0.25) is 5.91 Å². The van der Waals surface area contributed by atoms with Crippen molar-refractivity contribution in [3.8, 4) is 0 Å². The zero-order valence-corrected chi connectivity index (χ0v) is 14.0. The van der Waals surface area contributed by atoms with Crippen molar-refractivity contribution in [1.82, 2.24) is 4.90 Å². The number of hydrogen-bond acceptors (Lipinski definition) is 3. The van der Waals surface area contributed by atoms with Crippen LogP contribution >= 0.6 is 12.4 Å². The summed E-state index contributed by atoms with van der Waals surface area (Å²) in [5, 5.41) is 0. The Kier molecular flexibility index (Phi) is 5.84. The van der Waals surface area contributed by atoms with Crippen LogP contribution in [0.1, 0.15) is 19.8 Å². The number of halogens is 1. The minimum Gasteiger partial charge on any atom is -0.327 e. The molecule has 3 unspecified atom stereocenters. The number of anilines is 1. The molecule has 122 valence electrons. The van der Waals surface area contributed by atoms with Crippen LogP contribution in [0.25, 0.3) is 0 Å². The van der Waals surface area contributed by atoms with Gasteiger partial charge in [-0.05, 0) is 43.7 Å². The van der Waals surface area contributed by atoms with E-state index in [1.54, 1.807) is 0 Å². The van der Waals surface area contributed by atoms with Crippen molar-refractivity contribution in [2.24, 2.45) is 17.6 Å². The average Bonchev–Trinajstić information content (AvgIpc) is 3.03. The monoisotopic (exact) mass is 323 g/mol. The molecule has 0 spiro atoms. The van der Waals surface area contributed by atoms with Gasteiger partial charge < -0.3 is 10.6 Å². The highest BCUT2D eigenvalue weighted by Crippen LogP contribution is 2.37. The molecule has 1 amide bonds. The number of fused-ring (bicyclic) bond motifs is 1. The highest BCUT2D eigenvalue weighted by Gasteiger charge is 2.41. The van der Waals surface area contributed by atoms with Crippen LogP contribution in [0.2, 0.25) is 0 Å². The molecular formula is C17H26ClN3O. The van der Waals surface area contributed by atoms with Crippen molar-refractivity contribution in [2.75, 3.05) is 31.1 Å². The highest BCUT2D eigenvalue weighted by molar-refractivity contribution is 5.94. The molecule has 1 aromatic carbocycles. The van der Waals surface area contributed by atoms with E-state index in [2.05, 4.69) is 4.90 Å². The lowest BCUT2D eigenvalue weighted by atomic mass is 9.98. The third kappa shape index (κ3) is 3.45. The number of nitrogens with zero attached hydrogens (tertiary/aromatic N) is 2. The van der Waals surface area contributed by atoms with Crippen molar-refractivity contribution < 1.29 is 4.79 Å². The lowest BCUT2D eigenvalue weighted by Crippen LogP contribution is -2.40. The van der Waals surface area contributed by atoms with E-state index in [9.17, 15) is 4.79 Å². The molecule has 1 aliphatic heterocycles. The SMILES string of the molecule is CCN(C(=O)CN1CC2CCC(N)C2C1)c1ccccc1.Cl. The molecular weight excluding hydrogens is 298 g/mol. The quantitative estimate of drug-likeness (QED) is 0.923. The molecule has 1 aromatic rings. The van der Waals surface area contributed by atoms with Gasteiger partial charge in [-0.3, -0.25) is 9.69 Å². The number of benzene rings is 1. The third-order valence-electron chi connectivity index (χ3n) is 5.03. The van der Waals surface area contributed by atoms with Gasteiger partial charge in [-0.1, -0.05) is 18.2 Å². The van der Waals surface area contributed by atoms with E-state index in [1.165, 1.54) is 6.42 Å². The van der Waals surface area contributed by atoms with Crippen LogP contribution in [0, 0.1) is 11.8 Å². The van der Waals surface area contributed by atoms with Crippen molar-refractivity contribution >= 4 is 24.0 Å². The zero-order chi connectivity index (χ0) is 14.8. The Labute approximate surface area is 139 Å². The number of nitrogens with two attached hydrogens (primary N) is 1. The summed E-state index contributed by atoms with van der Waals surface area (Å²) in [7, 11) is 0. The van der Waals surface area contributed by atoms with Crippen LogP contribution in [-0.2, 0) is 4.79 Å². The molecule has 4 nitrogen and oxygen atoms in total. The molecule has 0 radical (unpaired) electrons. The molecule has 2 N–H and O–H groups in total. The van der Waals surface area contributed by atoms with E-state index < -0.39 is 0 Å². The van der Waals surface area contributed by atoms with Crippen molar-refractivity contribution in [2.45, 2.75) is 25.8 Å². The van der Waals surface area contributed by atoms with E-state index in [1.807, 2.05) is 42.2 Å². The highest BCUT2D eigenvalue weighted by atomic mass is 35.5. The molecule has 2 aliphatic rings. The summed E-state index contributed by atoms with van der Waals surface area (Å²) in [4.78, 5) is 16.7. The van der Waals surface area contributed by atoms with E-state index in [4.69, 9.17) is 5.73 Å². The van der Waals surface area contributed by atoms with Gasteiger partial charge in [-0.2, -0.15) is 0 Å². The largest absolute Gasteiger partial charge is 0.327 e. The first-order valence-electron chi connectivity index (χ1n) is 8.02. The van der Waals surface area contributed by atoms with E-state index in [-0.39, 0.29) is 18.3 Å². The Bertz CT molecular complexity index is 496. The Balaban J connectivity index is 0.00000176. The Morgan fingerprint density at radius 3 is 2.64 bits per heavy atom. The van der Waals surface area contributed by atoms with Crippen LogP contribution in [0.15, 0.2) is 30.3 Å². The van der Waals surface area contributed by atoms with Gasteiger partial charge in [0.15, 0.2) is 0 Å². The van der Waals surface area contributed by atoms with Crippen molar-refractivity contribution in [1.29, 1.82) is 0 Å². The molecule has 0 aromatic heterocycles. The van der Waals surface area contributed by atoms with E-state index >= 15 is 0 Å². The molecule has 1 saturated carbocycles. The average molecular weight is 324 g/mol. The Morgan fingerprint density at radius 2 is 2.00 bits per heavy atom. The maximum Gasteiger partial charge on any atom is 0.241 e. The lowest BCUT2D eigenvalue weighted by molar-refractivity contribution is -0.119. The van der Waals surface area contributed by atoms with Gasteiger partial charge in [-0.25, -0.2) is 0 Å². The maximum atomic E-state index is 12.6. The fourth-order valence-corrected chi connectivity index (χ4v) is 3.92. The van der Waals surface area contributed by atoms with Crippen LogP contribution < -0.4 is 10.6 Å². The number of carbonyl (C=O) groups excluding carboxylic acids is 1. The normalized spacial score (nSPS) is 27.3. The molecule has 2 fully saturated rings. The summed E-state index contributed by atoms with van der Waals surface area (Å²) in [6.45, 7) is 5.28. The topological polar surface area (TPSA) is 49.6 Å². The minimum absolute atomic E-state index is 0. The minimum atomic E-state index is 0.